The van der Waals surface area contributed by atoms with Crippen molar-refractivity contribution >= 4 is 34.3 Å². The maximum Gasteiger partial charge on any atom is 0.272 e. The van der Waals surface area contributed by atoms with Crippen LogP contribution in [0, 0.1) is 0 Å². The van der Waals surface area contributed by atoms with Crippen LogP contribution in [0.2, 0.25) is 0 Å². The van der Waals surface area contributed by atoms with Crippen LogP contribution in [0.3, 0.4) is 0 Å². The third kappa shape index (κ3) is 2.44. The van der Waals surface area contributed by atoms with Crippen LogP contribution in [-0.2, 0) is 0 Å². The minimum atomic E-state index is -0.0208. The Balaban J connectivity index is 2.00. The Morgan fingerprint density at radius 2 is 2.05 bits per heavy atom. The van der Waals surface area contributed by atoms with Gasteiger partial charge in [0.1, 0.15) is 11.5 Å². The lowest BCUT2D eigenvalue weighted by Gasteiger charge is -2.26. The van der Waals surface area contributed by atoms with Crippen molar-refractivity contribution < 1.29 is 4.79 Å². The molecule has 0 radical (unpaired) electrons. The molecule has 1 aliphatic rings. The van der Waals surface area contributed by atoms with Gasteiger partial charge in [0.15, 0.2) is 0 Å². The second-order valence-corrected chi connectivity index (χ2v) is 5.85. The molecule has 2 heterocycles. The molecule has 1 aromatic heterocycles. The summed E-state index contributed by atoms with van der Waals surface area (Å²) in [5.74, 6) is 8.02. The number of thioether (sulfide) groups is 1. The number of nitrogens with zero attached hydrogens (tertiary/aromatic N) is 2. The second kappa shape index (κ2) is 5.68. The van der Waals surface area contributed by atoms with Gasteiger partial charge in [0, 0.05) is 30.0 Å². The summed E-state index contributed by atoms with van der Waals surface area (Å²) in [5.41, 5.74) is 3.03. The van der Waals surface area contributed by atoms with E-state index >= 15 is 0 Å². The van der Waals surface area contributed by atoms with Crippen LogP contribution >= 0.6 is 11.8 Å². The highest BCUT2D eigenvalue weighted by molar-refractivity contribution is 7.99. The first kappa shape index (κ1) is 13.2. The van der Waals surface area contributed by atoms with Gasteiger partial charge in [0.05, 0.1) is 0 Å². The number of amides is 1. The van der Waals surface area contributed by atoms with E-state index in [2.05, 4.69) is 10.4 Å². The lowest BCUT2D eigenvalue weighted by Crippen LogP contribution is -2.38. The average molecular weight is 288 g/mol. The molecule has 104 valence electrons. The molecule has 0 saturated carbocycles. The van der Waals surface area contributed by atoms with Crippen molar-refractivity contribution in [2.45, 2.75) is 0 Å². The molecule has 1 aliphatic heterocycles. The SMILES string of the molecule is NNc1nc(C(=O)N2CCSCC2)cc2ccccc12. The number of rotatable bonds is 2. The monoisotopic (exact) mass is 288 g/mol. The summed E-state index contributed by atoms with van der Waals surface area (Å²) in [6.45, 7) is 1.56. The third-order valence-corrected chi connectivity index (χ3v) is 4.34. The number of carbonyl (C=O) groups excluding carboxylic acids is 1. The molecule has 0 bridgehead atoms. The summed E-state index contributed by atoms with van der Waals surface area (Å²) < 4.78 is 0. The number of pyridine rings is 1. The number of aromatic nitrogens is 1. The minimum absolute atomic E-state index is 0.0208. The number of hydrogen-bond acceptors (Lipinski definition) is 5. The molecule has 1 fully saturated rings. The minimum Gasteiger partial charge on any atom is -0.336 e. The largest absolute Gasteiger partial charge is 0.336 e. The molecule has 1 aromatic carbocycles. The van der Waals surface area contributed by atoms with Gasteiger partial charge in [-0.2, -0.15) is 11.8 Å². The van der Waals surface area contributed by atoms with Gasteiger partial charge in [-0.25, -0.2) is 10.8 Å². The summed E-state index contributed by atoms with van der Waals surface area (Å²) in [6.07, 6.45) is 0. The van der Waals surface area contributed by atoms with E-state index in [1.165, 1.54) is 0 Å². The molecule has 2 aromatic rings. The van der Waals surface area contributed by atoms with Crippen molar-refractivity contribution in [2.24, 2.45) is 5.84 Å². The number of nitrogen functional groups attached to an aromatic ring is 1. The molecule has 6 heteroatoms. The zero-order valence-electron chi connectivity index (χ0n) is 11.0. The number of benzene rings is 1. The first-order valence-corrected chi connectivity index (χ1v) is 7.68. The zero-order valence-corrected chi connectivity index (χ0v) is 11.8. The van der Waals surface area contributed by atoms with Crippen LogP contribution in [0.4, 0.5) is 5.82 Å². The number of hydrazine groups is 1. The molecule has 5 nitrogen and oxygen atoms in total. The fourth-order valence-electron chi connectivity index (χ4n) is 2.35. The van der Waals surface area contributed by atoms with Crippen molar-refractivity contribution in [1.29, 1.82) is 0 Å². The number of anilines is 1. The summed E-state index contributed by atoms with van der Waals surface area (Å²) in [7, 11) is 0. The van der Waals surface area contributed by atoms with Crippen molar-refractivity contribution in [1.82, 2.24) is 9.88 Å². The zero-order chi connectivity index (χ0) is 13.9. The van der Waals surface area contributed by atoms with Gasteiger partial charge in [-0.05, 0) is 11.5 Å². The Morgan fingerprint density at radius 3 is 2.80 bits per heavy atom. The Bertz CT molecular complexity index is 640. The standard InChI is InChI=1S/C14H16N4OS/c15-17-13-11-4-2-1-3-10(11)9-12(16-13)14(19)18-5-7-20-8-6-18/h1-4,9H,5-8,15H2,(H,16,17). The Morgan fingerprint density at radius 1 is 1.30 bits per heavy atom. The highest BCUT2D eigenvalue weighted by Crippen LogP contribution is 2.23. The van der Waals surface area contributed by atoms with Crippen LogP contribution in [0.15, 0.2) is 30.3 Å². The molecule has 3 N–H and O–H groups in total. The van der Waals surface area contributed by atoms with Gasteiger partial charge < -0.3 is 10.3 Å². The maximum absolute atomic E-state index is 12.5. The van der Waals surface area contributed by atoms with E-state index in [9.17, 15) is 4.79 Å². The molecule has 0 unspecified atom stereocenters. The number of nitrogens with two attached hydrogens (primary N) is 1. The van der Waals surface area contributed by atoms with Crippen LogP contribution in [0.5, 0.6) is 0 Å². The maximum atomic E-state index is 12.5. The molecule has 1 amide bonds. The van der Waals surface area contributed by atoms with Crippen LogP contribution in [0.1, 0.15) is 10.5 Å². The Kier molecular flexibility index (Phi) is 3.75. The summed E-state index contributed by atoms with van der Waals surface area (Å²) in [5, 5.41) is 1.88. The second-order valence-electron chi connectivity index (χ2n) is 4.63. The van der Waals surface area contributed by atoms with E-state index in [1.807, 2.05) is 47.0 Å². The van der Waals surface area contributed by atoms with Crippen molar-refractivity contribution in [2.75, 3.05) is 30.0 Å². The van der Waals surface area contributed by atoms with Gasteiger partial charge in [-0.1, -0.05) is 24.3 Å². The smallest absolute Gasteiger partial charge is 0.272 e. The third-order valence-electron chi connectivity index (χ3n) is 3.39. The lowest BCUT2D eigenvalue weighted by molar-refractivity contribution is 0.0767. The molecular weight excluding hydrogens is 272 g/mol. The van der Waals surface area contributed by atoms with Gasteiger partial charge in [0.25, 0.3) is 5.91 Å². The Labute approximate surface area is 121 Å². The summed E-state index contributed by atoms with van der Waals surface area (Å²) >= 11 is 1.87. The van der Waals surface area contributed by atoms with Gasteiger partial charge in [-0.3, -0.25) is 4.79 Å². The highest BCUT2D eigenvalue weighted by atomic mass is 32.2. The summed E-state index contributed by atoms with van der Waals surface area (Å²) in [4.78, 5) is 18.7. The number of hydrogen-bond donors (Lipinski definition) is 2. The Hall–Kier alpha value is -1.79. The quantitative estimate of drug-likeness (QED) is 0.650. The first-order valence-electron chi connectivity index (χ1n) is 6.53. The van der Waals surface area contributed by atoms with Crippen molar-refractivity contribution in [3.8, 4) is 0 Å². The van der Waals surface area contributed by atoms with E-state index in [4.69, 9.17) is 5.84 Å². The van der Waals surface area contributed by atoms with Crippen molar-refractivity contribution in [3.05, 3.63) is 36.0 Å². The molecule has 1 saturated heterocycles. The molecule has 0 spiro atoms. The van der Waals surface area contributed by atoms with E-state index in [-0.39, 0.29) is 5.91 Å². The van der Waals surface area contributed by atoms with Gasteiger partial charge >= 0.3 is 0 Å². The molecule has 0 atom stereocenters. The van der Waals surface area contributed by atoms with Crippen LogP contribution < -0.4 is 11.3 Å². The van der Waals surface area contributed by atoms with Crippen LogP contribution in [-0.4, -0.2) is 40.4 Å². The average Bonchev–Trinajstić information content (AvgIpc) is 2.54. The topological polar surface area (TPSA) is 71.2 Å². The van der Waals surface area contributed by atoms with E-state index in [1.54, 1.807) is 0 Å². The predicted octanol–water partition coefficient (Wildman–Crippen LogP) is 1.71. The highest BCUT2D eigenvalue weighted by Gasteiger charge is 2.20. The number of fused-ring (bicyclic) bond motifs is 1. The fraction of sp³-hybridized carbons (Fsp3) is 0.286. The molecular formula is C14H16N4OS. The molecule has 20 heavy (non-hydrogen) atoms. The van der Waals surface area contributed by atoms with Crippen LogP contribution in [0.25, 0.3) is 10.8 Å². The number of nitrogens with one attached hydrogen (secondary N) is 1. The van der Waals surface area contributed by atoms with Gasteiger partial charge in [0.2, 0.25) is 0 Å². The van der Waals surface area contributed by atoms with Gasteiger partial charge in [-0.15, -0.1) is 0 Å². The summed E-state index contributed by atoms with van der Waals surface area (Å²) in [6, 6.07) is 9.59. The molecule has 0 aliphatic carbocycles. The fourth-order valence-corrected chi connectivity index (χ4v) is 3.25. The van der Waals surface area contributed by atoms with E-state index in [0.29, 0.717) is 11.5 Å². The normalized spacial score (nSPS) is 15.3. The van der Waals surface area contributed by atoms with E-state index in [0.717, 1.165) is 35.4 Å². The van der Waals surface area contributed by atoms with Crippen molar-refractivity contribution in [3.63, 3.8) is 0 Å². The lowest BCUT2D eigenvalue weighted by atomic mass is 10.1. The molecule has 3 rings (SSSR count). The first-order chi connectivity index (χ1) is 9.79. The van der Waals surface area contributed by atoms with E-state index < -0.39 is 0 Å². The predicted molar refractivity (Wildman–Crippen MR) is 82.8 cm³/mol. The number of carbonyl (C=O) groups is 1.